The van der Waals surface area contributed by atoms with Crippen molar-refractivity contribution < 1.29 is 0 Å². The third kappa shape index (κ3) is 3.06. The Morgan fingerprint density at radius 2 is 1.95 bits per heavy atom. The van der Waals surface area contributed by atoms with Crippen LogP contribution >= 0.6 is 11.3 Å². The van der Waals surface area contributed by atoms with Crippen molar-refractivity contribution in [2.24, 2.45) is 0 Å². The molecule has 3 heteroatoms. The van der Waals surface area contributed by atoms with Crippen LogP contribution in [0.4, 0.5) is 0 Å². The molecule has 1 N–H and O–H groups in total. The minimum atomic E-state index is 1.02. The lowest BCUT2D eigenvalue weighted by atomic mass is 10.2. The molecule has 98 valence electrons. The predicted octanol–water partition coefficient (Wildman–Crippen LogP) is 3.54. The van der Waals surface area contributed by atoms with Gasteiger partial charge in [-0.3, -0.25) is 0 Å². The van der Waals surface area contributed by atoms with E-state index in [1.807, 2.05) is 11.3 Å². The van der Waals surface area contributed by atoms with E-state index in [1.54, 1.807) is 0 Å². The van der Waals surface area contributed by atoms with Crippen molar-refractivity contribution in [3.05, 3.63) is 58.9 Å². The van der Waals surface area contributed by atoms with E-state index in [0.717, 1.165) is 26.1 Å². The van der Waals surface area contributed by atoms with Crippen LogP contribution in [0.5, 0.6) is 0 Å². The molecule has 0 saturated carbocycles. The van der Waals surface area contributed by atoms with E-state index in [0.29, 0.717) is 0 Å². The predicted molar refractivity (Wildman–Crippen MR) is 82.8 cm³/mol. The number of aromatic nitrogens is 1. The Hall–Kier alpha value is -1.58. The Bertz CT molecular complexity index is 625. The van der Waals surface area contributed by atoms with Crippen molar-refractivity contribution in [3.8, 4) is 0 Å². The molecule has 1 aromatic carbocycles. The maximum atomic E-state index is 3.51. The second-order valence-corrected chi connectivity index (χ2v) is 5.68. The van der Waals surface area contributed by atoms with Crippen LogP contribution in [-0.4, -0.2) is 17.7 Å². The van der Waals surface area contributed by atoms with Crippen LogP contribution in [0.1, 0.15) is 4.88 Å². The largest absolute Gasteiger partial charge is 0.346 e. The van der Waals surface area contributed by atoms with E-state index >= 15 is 0 Å². The zero-order chi connectivity index (χ0) is 12.9. The van der Waals surface area contributed by atoms with Gasteiger partial charge in [0.15, 0.2) is 0 Å². The van der Waals surface area contributed by atoms with Gasteiger partial charge in [-0.1, -0.05) is 24.3 Å². The summed E-state index contributed by atoms with van der Waals surface area (Å²) >= 11 is 1.84. The highest BCUT2D eigenvalue weighted by atomic mass is 32.1. The molecule has 0 bridgehead atoms. The van der Waals surface area contributed by atoms with Gasteiger partial charge in [-0.25, -0.2) is 0 Å². The fourth-order valence-corrected chi connectivity index (χ4v) is 3.04. The Kier molecular flexibility index (Phi) is 3.96. The second kappa shape index (κ2) is 6.04. The first kappa shape index (κ1) is 12.5. The zero-order valence-corrected chi connectivity index (χ0v) is 11.7. The van der Waals surface area contributed by atoms with Crippen LogP contribution in [0, 0.1) is 0 Å². The summed E-state index contributed by atoms with van der Waals surface area (Å²) in [5.41, 5.74) is 1.32. The van der Waals surface area contributed by atoms with Gasteiger partial charge in [0.2, 0.25) is 0 Å². The number of nitrogens with zero attached hydrogens (tertiary/aromatic N) is 1. The molecule has 0 saturated heterocycles. The quantitative estimate of drug-likeness (QED) is 0.678. The number of thiophene rings is 1. The van der Waals surface area contributed by atoms with Crippen LogP contribution in [0.2, 0.25) is 0 Å². The van der Waals surface area contributed by atoms with Gasteiger partial charge in [-0.15, -0.1) is 11.3 Å². The van der Waals surface area contributed by atoms with Crippen LogP contribution in [-0.2, 0) is 13.0 Å². The van der Waals surface area contributed by atoms with Gasteiger partial charge in [0.05, 0.1) is 0 Å². The van der Waals surface area contributed by atoms with E-state index < -0.39 is 0 Å². The number of nitrogens with one attached hydrogen (secondary N) is 1. The Morgan fingerprint density at radius 3 is 2.84 bits per heavy atom. The topological polar surface area (TPSA) is 17.0 Å². The molecule has 0 aliphatic rings. The van der Waals surface area contributed by atoms with Gasteiger partial charge >= 0.3 is 0 Å². The normalized spacial score (nSPS) is 11.2. The van der Waals surface area contributed by atoms with Crippen molar-refractivity contribution in [1.29, 1.82) is 0 Å². The molecular weight excluding hydrogens is 252 g/mol. The molecule has 0 fully saturated rings. The first-order valence-corrected chi connectivity index (χ1v) is 7.58. The van der Waals surface area contributed by atoms with Crippen LogP contribution in [0.25, 0.3) is 10.9 Å². The maximum Gasteiger partial charge on any atom is 0.0480 e. The molecule has 3 aromatic rings. The first-order valence-electron chi connectivity index (χ1n) is 6.70. The highest BCUT2D eigenvalue weighted by Gasteiger charge is 1.99. The summed E-state index contributed by atoms with van der Waals surface area (Å²) in [6.07, 6.45) is 3.30. The second-order valence-electron chi connectivity index (χ2n) is 4.65. The van der Waals surface area contributed by atoms with E-state index in [4.69, 9.17) is 0 Å². The molecule has 3 rings (SSSR count). The summed E-state index contributed by atoms with van der Waals surface area (Å²) in [6.45, 7) is 3.10. The maximum absolute atomic E-state index is 3.51. The molecule has 0 unspecified atom stereocenters. The highest BCUT2D eigenvalue weighted by molar-refractivity contribution is 7.09. The summed E-state index contributed by atoms with van der Waals surface area (Å²) < 4.78 is 2.31. The molecule has 0 atom stereocenters. The monoisotopic (exact) mass is 270 g/mol. The van der Waals surface area contributed by atoms with Gasteiger partial charge in [0, 0.05) is 36.2 Å². The van der Waals surface area contributed by atoms with Gasteiger partial charge in [0.25, 0.3) is 0 Å². The standard InChI is InChI=1S/C16H18N2S/c1-2-6-16-14(4-1)8-11-18(16)12-10-17-9-7-15-5-3-13-19-15/h1-6,8,11,13,17H,7,9-10,12H2. The van der Waals surface area contributed by atoms with E-state index in [9.17, 15) is 0 Å². The molecule has 0 aliphatic carbocycles. The highest BCUT2D eigenvalue weighted by Crippen LogP contribution is 2.14. The minimum Gasteiger partial charge on any atom is -0.346 e. The Balaban J connectivity index is 1.47. The lowest BCUT2D eigenvalue weighted by Crippen LogP contribution is -2.21. The number of hydrogen-bond donors (Lipinski definition) is 1. The lowest BCUT2D eigenvalue weighted by Gasteiger charge is -2.07. The third-order valence-corrected chi connectivity index (χ3v) is 4.27. The number of benzene rings is 1. The third-order valence-electron chi connectivity index (χ3n) is 3.34. The van der Waals surface area contributed by atoms with Crippen molar-refractivity contribution in [2.75, 3.05) is 13.1 Å². The van der Waals surface area contributed by atoms with Crippen molar-refractivity contribution in [2.45, 2.75) is 13.0 Å². The summed E-state index contributed by atoms with van der Waals surface area (Å²) in [5.74, 6) is 0. The fraction of sp³-hybridized carbons (Fsp3) is 0.250. The van der Waals surface area contributed by atoms with E-state index in [1.165, 1.54) is 15.8 Å². The Morgan fingerprint density at radius 1 is 1.00 bits per heavy atom. The smallest absolute Gasteiger partial charge is 0.0480 e. The Labute approximate surface area is 117 Å². The summed E-state index contributed by atoms with van der Waals surface area (Å²) in [5, 5.41) is 6.97. The average molecular weight is 270 g/mol. The van der Waals surface area contributed by atoms with E-state index in [-0.39, 0.29) is 0 Å². The molecule has 0 amide bonds. The van der Waals surface area contributed by atoms with Gasteiger partial charge < -0.3 is 9.88 Å². The number of rotatable bonds is 6. The average Bonchev–Trinajstić information content (AvgIpc) is 3.08. The number of fused-ring (bicyclic) bond motifs is 1. The van der Waals surface area contributed by atoms with Crippen molar-refractivity contribution >= 4 is 22.2 Å². The van der Waals surface area contributed by atoms with Gasteiger partial charge in [-0.05, 0) is 35.4 Å². The number of hydrogen-bond acceptors (Lipinski definition) is 2. The molecule has 0 aliphatic heterocycles. The summed E-state index contributed by atoms with van der Waals surface area (Å²) in [6, 6.07) is 15.0. The summed E-state index contributed by atoms with van der Waals surface area (Å²) in [4.78, 5) is 1.46. The summed E-state index contributed by atoms with van der Waals surface area (Å²) in [7, 11) is 0. The van der Waals surface area contributed by atoms with Crippen LogP contribution in [0.3, 0.4) is 0 Å². The van der Waals surface area contributed by atoms with Gasteiger partial charge in [-0.2, -0.15) is 0 Å². The fourth-order valence-electron chi connectivity index (χ4n) is 2.33. The molecule has 2 aromatic heterocycles. The SMILES string of the molecule is c1csc(CCNCCn2ccc3ccccc32)c1. The van der Waals surface area contributed by atoms with Crippen molar-refractivity contribution in [3.63, 3.8) is 0 Å². The minimum absolute atomic E-state index is 1.02. The molecule has 0 spiro atoms. The molecule has 19 heavy (non-hydrogen) atoms. The molecule has 2 heterocycles. The van der Waals surface area contributed by atoms with Crippen molar-refractivity contribution in [1.82, 2.24) is 9.88 Å². The first-order chi connectivity index (χ1) is 9.43. The molecular formula is C16H18N2S. The molecule has 2 nitrogen and oxygen atoms in total. The van der Waals surface area contributed by atoms with Crippen LogP contribution in [0.15, 0.2) is 54.0 Å². The van der Waals surface area contributed by atoms with Crippen LogP contribution < -0.4 is 5.32 Å². The number of para-hydroxylation sites is 1. The zero-order valence-electron chi connectivity index (χ0n) is 10.9. The van der Waals surface area contributed by atoms with Gasteiger partial charge in [0.1, 0.15) is 0 Å². The lowest BCUT2D eigenvalue weighted by molar-refractivity contribution is 0.611. The molecule has 0 radical (unpaired) electrons. The van der Waals surface area contributed by atoms with E-state index in [2.05, 4.69) is 63.9 Å².